The Labute approximate surface area is 93.2 Å². The van der Waals surface area contributed by atoms with Crippen molar-refractivity contribution in [1.82, 2.24) is 4.98 Å². The van der Waals surface area contributed by atoms with Gasteiger partial charge in [0.1, 0.15) is 12.0 Å². The van der Waals surface area contributed by atoms with E-state index < -0.39 is 4.92 Å². The number of hydrogen-bond acceptors (Lipinski definition) is 5. The van der Waals surface area contributed by atoms with Crippen molar-refractivity contribution in [3.05, 3.63) is 28.4 Å². The van der Waals surface area contributed by atoms with Gasteiger partial charge in [0.2, 0.25) is 0 Å². The summed E-state index contributed by atoms with van der Waals surface area (Å²) in [4.78, 5) is 16.2. The second-order valence-electron chi connectivity index (χ2n) is 3.97. The van der Waals surface area contributed by atoms with E-state index in [-0.39, 0.29) is 5.69 Å². The van der Waals surface area contributed by atoms with Crippen molar-refractivity contribution in [3.63, 3.8) is 0 Å². The predicted octanol–water partition coefficient (Wildman–Crippen LogP) is 0.775. The molecule has 0 radical (unpaired) electrons. The van der Waals surface area contributed by atoms with Crippen molar-refractivity contribution in [3.8, 4) is 0 Å². The van der Waals surface area contributed by atoms with Crippen LogP contribution < -0.4 is 10.6 Å². The molecule has 1 aromatic heterocycles. The lowest BCUT2D eigenvalue weighted by Crippen LogP contribution is -2.23. The molecule has 1 saturated heterocycles. The van der Waals surface area contributed by atoms with Crippen molar-refractivity contribution in [2.24, 2.45) is 11.7 Å². The molecule has 1 aliphatic heterocycles. The third kappa shape index (κ3) is 2.11. The maximum Gasteiger partial charge on any atom is 0.287 e. The monoisotopic (exact) mass is 222 g/mol. The number of nitro groups is 1. The first kappa shape index (κ1) is 10.8. The lowest BCUT2D eigenvalue weighted by atomic mass is 10.1. The van der Waals surface area contributed by atoms with Crippen molar-refractivity contribution in [2.75, 3.05) is 24.5 Å². The number of nitrogens with two attached hydrogens (primary N) is 1. The molecule has 0 aliphatic carbocycles. The van der Waals surface area contributed by atoms with Crippen molar-refractivity contribution in [2.45, 2.75) is 6.42 Å². The van der Waals surface area contributed by atoms with Crippen LogP contribution in [0.2, 0.25) is 0 Å². The molecular weight excluding hydrogens is 208 g/mol. The van der Waals surface area contributed by atoms with E-state index in [9.17, 15) is 10.1 Å². The highest BCUT2D eigenvalue weighted by atomic mass is 16.6. The van der Waals surface area contributed by atoms with Gasteiger partial charge in [-0.1, -0.05) is 0 Å². The Balaban J connectivity index is 2.08. The van der Waals surface area contributed by atoms with Crippen LogP contribution in [-0.2, 0) is 0 Å². The van der Waals surface area contributed by atoms with E-state index >= 15 is 0 Å². The maximum absolute atomic E-state index is 10.5. The van der Waals surface area contributed by atoms with Gasteiger partial charge in [0, 0.05) is 19.2 Å². The fraction of sp³-hybridized carbons (Fsp3) is 0.500. The Hall–Kier alpha value is -1.69. The van der Waals surface area contributed by atoms with Crippen LogP contribution in [0.3, 0.4) is 0 Å². The fourth-order valence-corrected chi connectivity index (χ4v) is 1.91. The number of nitrogens with zero attached hydrogens (tertiary/aromatic N) is 3. The molecule has 0 saturated carbocycles. The zero-order chi connectivity index (χ0) is 11.5. The van der Waals surface area contributed by atoms with Gasteiger partial charge in [-0.25, -0.2) is 4.98 Å². The van der Waals surface area contributed by atoms with Crippen LogP contribution in [0.4, 0.5) is 11.5 Å². The number of anilines is 1. The Morgan fingerprint density at radius 1 is 1.62 bits per heavy atom. The zero-order valence-electron chi connectivity index (χ0n) is 8.87. The highest BCUT2D eigenvalue weighted by Gasteiger charge is 2.22. The van der Waals surface area contributed by atoms with Crippen LogP contribution in [0.1, 0.15) is 6.42 Å². The minimum atomic E-state index is -0.441. The first-order valence-corrected chi connectivity index (χ1v) is 5.26. The van der Waals surface area contributed by atoms with Crippen LogP contribution in [-0.4, -0.2) is 29.5 Å². The summed E-state index contributed by atoms with van der Waals surface area (Å²) in [5.74, 6) is 1.30. The zero-order valence-corrected chi connectivity index (χ0v) is 8.87. The summed E-state index contributed by atoms with van der Waals surface area (Å²) in [5, 5.41) is 10.5. The molecule has 16 heavy (non-hydrogen) atoms. The van der Waals surface area contributed by atoms with Gasteiger partial charge in [0.25, 0.3) is 5.69 Å². The number of aromatic nitrogens is 1. The summed E-state index contributed by atoms with van der Waals surface area (Å²) < 4.78 is 0. The van der Waals surface area contributed by atoms with E-state index in [0.717, 1.165) is 25.3 Å². The van der Waals surface area contributed by atoms with Crippen molar-refractivity contribution >= 4 is 11.5 Å². The van der Waals surface area contributed by atoms with Gasteiger partial charge < -0.3 is 10.6 Å². The van der Waals surface area contributed by atoms with Gasteiger partial charge in [-0.2, -0.15) is 0 Å². The van der Waals surface area contributed by atoms with Gasteiger partial charge in [0.15, 0.2) is 0 Å². The number of pyridine rings is 1. The molecule has 6 heteroatoms. The van der Waals surface area contributed by atoms with Gasteiger partial charge in [-0.3, -0.25) is 10.1 Å². The van der Waals surface area contributed by atoms with Gasteiger partial charge >= 0.3 is 0 Å². The molecule has 0 bridgehead atoms. The minimum Gasteiger partial charge on any atom is -0.356 e. The first-order chi connectivity index (χ1) is 7.70. The third-order valence-electron chi connectivity index (χ3n) is 2.89. The smallest absolute Gasteiger partial charge is 0.287 e. The number of rotatable bonds is 3. The van der Waals surface area contributed by atoms with Gasteiger partial charge in [-0.05, 0) is 24.9 Å². The van der Waals surface area contributed by atoms with E-state index in [2.05, 4.69) is 9.88 Å². The van der Waals surface area contributed by atoms with E-state index in [1.54, 1.807) is 6.07 Å². The molecule has 0 spiro atoms. The highest BCUT2D eigenvalue weighted by Crippen LogP contribution is 2.22. The van der Waals surface area contributed by atoms with Crippen LogP contribution in [0.5, 0.6) is 0 Å². The van der Waals surface area contributed by atoms with E-state index in [0.29, 0.717) is 12.5 Å². The molecular formula is C10H14N4O2. The van der Waals surface area contributed by atoms with Crippen LogP contribution in [0.25, 0.3) is 0 Å². The molecule has 1 aliphatic rings. The summed E-state index contributed by atoms with van der Waals surface area (Å²) in [7, 11) is 0. The molecule has 2 heterocycles. The normalized spacial score (nSPS) is 20.1. The molecule has 6 nitrogen and oxygen atoms in total. The Bertz CT molecular complexity index is 379. The molecule has 0 amide bonds. The summed E-state index contributed by atoms with van der Waals surface area (Å²) >= 11 is 0. The molecule has 1 fully saturated rings. The number of hydrogen-bond donors (Lipinski definition) is 1. The second-order valence-corrected chi connectivity index (χ2v) is 3.97. The van der Waals surface area contributed by atoms with Gasteiger partial charge in [0.05, 0.1) is 4.92 Å². The summed E-state index contributed by atoms with van der Waals surface area (Å²) in [6, 6.07) is 3.18. The average molecular weight is 222 g/mol. The fourth-order valence-electron chi connectivity index (χ4n) is 1.91. The third-order valence-corrected chi connectivity index (χ3v) is 2.89. The summed E-state index contributed by atoms with van der Waals surface area (Å²) in [5.41, 5.74) is 5.63. The molecule has 2 rings (SSSR count). The largest absolute Gasteiger partial charge is 0.356 e. The highest BCUT2D eigenvalue weighted by molar-refractivity contribution is 5.43. The standard InChI is InChI=1S/C10H14N4O2/c11-5-8-3-4-13(7-8)10-2-1-9(6-12-10)14(15)16/h1-2,6,8H,3-5,7,11H2. The van der Waals surface area contributed by atoms with Crippen LogP contribution >= 0.6 is 0 Å². The molecule has 86 valence electrons. The SMILES string of the molecule is NCC1CCN(c2ccc([N+](=O)[O-])cn2)C1. The maximum atomic E-state index is 10.5. The topological polar surface area (TPSA) is 85.3 Å². The minimum absolute atomic E-state index is 0.0262. The average Bonchev–Trinajstić information content (AvgIpc) is 2.77. The van der Waals surface area contributed by atoms with Crippen molar-refractivity contribution in [1.29, 1.82) is 0 Å². The lowest BCUT2D eigenvalue weighted by molar-refractivity contribution is -0.385. The Morgan fingerprint density at radius 3 is 2.94 bits per heavy atom. The summed E-state index contributed by atoms with van der Waals surface area (Å²) in [6.07, 6.45) is 2.36. The van der Waals surface area contributed by atoms with E-state index in [1.165, 1.54) is 12.3 Å². The van der Waals surface area contributed by atoms with Crippen LogP contribution in [0, 0.1) is 16.0 Å². The Morgan fingerprint density at radius 2 is 2.44 bits per heavy atom. The van der Waals surface area contributed by atoms with E-state index in [1.807, 2.05) is 0 Å². The first-order valence-electron chi connectivity index (χ1n) is 5.26. The molecule has 2 N–H and O–H groups in total. The second kappa shape index (κ2) is 4.44. The molecule has 1 aromatic rings. The van der Waals surface area contributed by atoms with Gasteiger partial charge in [-0.15, -0.1) is 0 Å². The van der Waals surface area contributed by atoms with Crippen LogP contribution in [0.15, 0.2) is 18.3 Å². The molecule has 0 aromatic carbocycles. The summed E-state index contributed by atoms with van der Waals surface area (Å²) in [6.45, 7) is 2.50. The Kier molecular flexibility index (Phi) is 3.00. The molecule has 1 unspecified atom stereocenters. The van der Waals surface area contributed by atoms with E-state index in [4.69, 9.17) is 5.73 Å². The molecule has 1 atom stereocenters. The quantitative estimate of drug-likeness (QED) is 0.603. The predicted molar refractivity (Wildman–Crippen MR) is 60.3 cm³/mol. The van der Waals surface area contributed by atoms with Crippen molar-refractivity contribution < 1.29 is 4.92 Å². The lowest BCUT2D eigenvalue weighted by Gasteiger charge is -2.16.